The molecule has 1 aromatic carbocycles. The lowest BCUT2D eigenvalue weighted by atomic mass is 10.3. The summed E-state index contributed by atoms with van der Waals surface area (Å²) in [7, 11) is 3.41. The quantitative estimate of drug-likeness (QED) is 0.886. The standard InChI is InChI=1S/C15H17FN4O/c1-17-13-8-5-9-14(18-13)19-15(21)10-20(2)12-7-4-3-6-11(12)16/h3-9H,10H2,1-2H3,(H2,17,18,19,21). The van der Waals surface area contributed by atoms with Gasteiger partial charge < -0.3 is 15.5 Å². The van der Waals surface area contributed by atoms with Crippen LogP contribution in [0.3, 0.4) is 0 Å². The summed E-state index contributed by atoms with van der Waals surface area (Å²) in [4.78, 5) is 17.7. The number of rotatable bonds is 5. The maximum Gasteiger partial charge on any atom is 0.245 e. The molecule has 6 heteroatoms. The minimum atomic E-state index is -0.358. The summed E-state index contributed by atoms with van der Waals surface area (Å²) in [6.45, 7) is 0.0341. The molecule has 1 heterocycles. The van der Waals surface area contributed by atoms with E-state index in [1.54, 1.807) is 55.4 Å². The van der Waals surface area contributed by atoms with Crippen LogP contribution in [-0.2, 0) is 4.79 Å². The molecule has 0 aliphatic heterocycles. The first kappa shape index (κ1) is 14.8. The van der Waals surface area contributed by atoms with Crippen molar-refractivity contribution >= 4 is 23.2 Å². The van der Waals surface area contributed by atoms with Gasteiger partial charge in [0.2, 0.25) is 5.91 Å². The second kappa shape index (κ2) is 6.69. The summed E-state index contributed by atoms with van der Waals surface area (Å²) in [5.41, 5.74) is 0.379. The molecule has 0 radical (unpaired) electrons. The minimum absolute atomic E-state index is 0.0341. The molecule has 0 saturated heterocycles. The molecule has 0 fully saturated rings. The van der Waals surface area contributed by atoms with Gasteiger partial charge in [-0.2, -0.15) is 0 Å². The molecule has 110 valence electrons. The molecule has 21 heavy (non-hydrogen) atoms. The highest BCUT2D eigenvalue weighted by atomic mass is 19.1. The number of anilines is 3. The highest BCUT2D eigenvalue weighted by Crippen LogP contribution is 2.16. The van der Waals surface area contributed by atoms with Crippen LogP contribution in [0.15, 0.2) is 42.5 Å². The van der Waals surface area contributed by atoms with Crippen molar-refractivity contribution in [2.45, 2.75) is 0 Å². The van der Waals surface area contributed by atoms with Gasteiger partial charge in [0.1, 0.15) is 17.5 Å². The van der Waals surface area contributed by atoms with E-state index < -0.39 is 0 Å². The van der Waals surface area contributed by atoms with Gasteiger partial charge in [-0.05, 0) is 24.3 Å². The van der Waals surface area contributed by atoms with Crippen LogP contribution in [-0.4, -0.2) is 31.5 Å². The van der Waals surface area contributed by atoms with Gasteiger partial charge in [0.15, 0.2) is 0 Å². The van der Waals surface area contributed by atoms with Crippen LogP contribution in [0.4, 0.5) is 21.7 Å². The van der Waals surface area contributed by atoms with Crippen molar-refractivity contribution in [1.29, 1.82) is 0 Å². The number of carbonyl (C=O) groups is 1. The fourth-order valence-electron chi connectivity index (χ4n) is 1.89. The number of hydrogen-bond acceptors (Lipinski definition) is 4. The molecule has 0 saturated carbocycles. The first-order chi connectivity index (χ1) is 10.1. The normalized spacial score (nSPS) is 10.0. The Balaban J connectivity index is 2.00. The van der Waals surface area contributed by atoms with Crippen LogP contribution in [0.5, 0.6) is 0 Å². The Hall–Kier alpha value is -2.63. The molecule has 0 bridgehead atoms. The number of halogens is 1. The van der Waals surface area contributed by atoms with E-state index in [4.69, 9.17) is 0 Å². The number of para-hydroxylation sites is 1. The van der Waals surface area contributed by atoms with Crippen LogP contribution in [0.2, 0.25) is 0 Å². The third-order valence-electron chi connectivity index (χ3n) is 2.92. The predicted octanol–water partition coefficient (Wildman–Crippen LogP) is 2.34. The van der Waals surface area contributed by atoms with Crippen LogP contribution < -0.4 is 15.5 Å². The molecule has 2 N–H and O–H groups in total. The molecule has 0 atom stereocenters. The van der Waals surface area contributed by atoms with Crippen molar-refractivity contribution in [3.05, 3.63) is 48.3 Å². The van der Waals surface area contributed by atoms with Gasteiger partial charge in [-0.25, -0.2) is 9.37 Å². The number of amides is 1. The van der Waals surface area contributed by atoms with Gasteiger partial charge in [0, 0.05) is 14.1 Å². The van der Waals surface area contributed by atoms with E-state index in [-0.39, 0.29) is 18.3 Å². The van der Waals surface area contributed by atoms with Crippen LogP contribution in [0.25, 0.3) is 0 Å². The number of pyridine rings is 1. The van der Waals surface area contributed by atoms with Gasteiger partial charge in [-0.15, -0.1) is 0 Å². The van der Waals surface area contributed by atoms with Crippen molar-refractivity contribution < 1.29 is 9.18 Å². The second-order valence-corrected chi connectivity index (χ2v) is 4.51. The maximum atomic E-state index is 13.6. The molecule has 0 spiro atoms. The van der Waals surface area contributed by atoms with Crippen LogP contribution in [0, 0.1) is 5.82 Å². The average molecular weight is 288 g/mol. The summed E-state index contributed by atoms with van der Waals surface area (Å²) in [6.07, 6.45) is 0. The van der Waals surface area contributed by atoms with Crippen LogP contribution >= 0.6 is 0 Å². The smallest absolute Gasteiger partial charge is 0.245 e. The number of hydrogen-bond donors (Lipinski definition) is 2. The monoisotopic (exact) mass is 288 g/mol. The number of likely N-dealkylation sites (N-methyl/N-ethyl adjacent to an activating group) is 1. The molecule has 0 unspecified atom stereocenters. The van der Waals surface area contributed by atoms with Crippen molar-refractivity contribution in [1.82, 2.24) is 4.98 Å². The Kier molecular flexibility index (Phi) is 4.71. The van der Waals surface area contributed by atoms with Gasteiger partial charge in [-0.1, -0.05) is 18.2 Å². The van der Waals surface area contributed by atoms with E-state index in [1.165, 1.54) is 6.07 Å². The lowest BCUT2D eigenvalue weighted by Crippen LogP contribution is -2.30. The van der Waals surface area contributed by atoms with Crippen molar-refractivity contribution in [2.75, 3.05) is 36.2 Å². The Morgan fingerprint density at radius 1 is 1.19 bits per heavy atom. The van der Waals surface area contributed by atoms with Gasteiger partial charge in [-0.3, -0.25) is 4.79 Å². The lowest BCUT2D eigenvalue weighted by Gasteiger charge is -2.19. The van der Waals surface area contributed by atoms with Crippen molar-refractivity contribution in [3.8, 4) is 0 Å². The SMILES string of the molecule is CNc1cccc(NC(=O)CN(C)c2ccccc2F)n1. The van der Waals surface area contributed by atoms with E-state index in [0.29, 0.717) is 17.3 Å². The first-order valence-electron chi connectivity index (χ1n) is 6.50. The Bertz CT molecular complexity index is 633. The largest absolute Gasteiger partial charge is 0.373 e. The molecule has 1 aromatic heterocycles. The van der Waals surface area contributed by atoms with E-state index >= 15 is 0 Å². The minimum Gasteiger partial charge on any atom is -0.373 e. The summed E-state index contributed by atoms with van der Waals surface area (Å²) < 4.78 is 13.6. The number of nitrogens with zero attached hydrogens (tertiary/aromatic N) is 2. The molecule has 2 rings (SSSR count). The third kappa shape index (κ3) is 3.92. The summed E-state index contributed by atoms with van der Waals surface area (Å²) >= 11 is 0. The van der Waals surface area contributed by atoms with Gasteiger partial charge in [0.25, 0.3) is 0 Å². The zero-order valence-electron chi connectivity index (χ0n) is 11.9. The highest BCUT2D eigenvalue weighted by molar-refractivity contribution is 5.93. The molecule has 2 aromatic rings. The number of carbonyl (C=O) groups excluding carboxylic acids is 1. The summed E-state index contributed by atoms with van der Waals surface area (Å²) in [6, 6.07) is 11.6. The predicted molar refractivity (Wildman–Crippen MR) is 82.1 cm³/mol. The second-order valence-electron chi connectivity index (χ2n) is 4.51. The van der Waals surface area contributed by atoms with E-state index in [2.05, 4.69) is 15.6 Å². The Morgan fingerprint density at radius 2 is 1.90 bits per heavy atom. The lowest BCUT2D eigenvalue weighted by molar-refractivity contribution is -0.114. The summed E-state index contributed by atoms with van der Waals surface area (Å²) in [5, 5.41) is 5.57. The highest BCUT2D eigenvalue weighted by Gasteiger charge is 2.11. The fraction of sp³-hybridized carbons (Fsp3) is 0.200. The number of benzene rings is 1. The van der Waals surface area contributed by atoms with Gasteiger partial charge >= 0.3 is 0 Å². The maximum absolute atomic E-state index is 13.6. The molecule has 1 amide bonds. The molecular weight excluding hydrogens is 271 g/mol. The molecular formula is C15H17FN4O. The molecule has 5 nitrogen and oxygen atoms in total. The van der Waals surface area contributed by atoms with E-state index in [1.807, 2.05) is 0 Å². The summed E-state index contributed by atoms with van der Waals surface area (Å²) in [5.74, 6) is 0.494. The number of aromatic nitrogens is 1. The Morgan fingerprint density at radius 3 is 2.62 bits per heavy atom. The Labute approximate surface area is 122 Å². The average Bonchev–Trinajstić information content (AvgIpc) is 2.47. The molecule has 0 aliphatic rings. The third-order valence-corrected chi connectivity index (χ3v) is 2.92. The number of nitrogens with one attached hydrogen (secondary N) is 2. The van der Waals surface area contributed by atoms with Crippen LogP contribution in [0.1, 0.15) is 0 Å². The zero-order valence-corrected chi connectivity index (χ0v) is 11.9. The topological polar surface area (TPSA) is 57.3 Å². The fourth-order valence-corrected chi connectivity index (χ4v) is 1.89. The first-order valence-corrected chi connectivity index (χ1v) is 6.50. The van der Waals surface area contributed by atoms with Crippen molar-refractivity contribution in [2.24, 2.45) is 0 Å². The van der Waals surface area contributed by atoms with E-state index in [9.17, 15) is 9.18 Å². The molecule has 0 aliphatic carbocycles. The zero-order chi connectivity index (χ0) is 15.2. The van der Waals surface area contributed by atoms with Gasteiger partial charge in [0.05, 0.1) is 12.2 Å². The van der Waals surface area contributed by atoms with E-state index in [0.717, 1.165) is 0 Å². The van der Waals surface area contributed by atoms with Crippen molar-refractivity contribution in [3.63, 3.8) is 0 Å².